The zero-order valence-electron chi connectivity index (χ0n) is 11.8. The Hall–Kier alpha value is -2.36. The highest BCUT2D eigenvalue weighted by Crippen LogP contribution is 2.22. The number of carbonyl (C=O) groups is 1. The highest BCUT2D eigenvalue weighted by atomic mass is 19.1. The van der Waals surface area contributed by atoms with Crippen LogP contribution in [0.4, 0.5) is 20.6 Å². The summed E-state index contributed by atoms with van der Waals surface area (Å²) in [6, 6.07) is 9.59. The van der Waals surface area contributed by atoms with E-state index in [-0.39, 0.29) is 5.69 Å². The van der Waals surface area contributed by atoms with Gasteiger partial charge >= 0.3 is 6.03 Å². The number of hydrogen-bond acceptors (Lipinski definition) is 1. The first-order valence-corrected chi connectivity index (χ1v) is 6.38. The molecule has 0 unspecified atom stereocenters. The lowest BCUT2D eigenvalue weighted by Gasteiger charge is -2.13. The minimum atomic E-state index is -0.458. The Bertz CT molecular complexity index is 630. The monoisotopic (exact) mass is 272 g/mol. The molecule has 2 amide bonds. The standard InChI is InChI=1S/C16H17FN2O/c1-10-8-11(2)15(12(3)9-10)19-16(20)18-14-7-5-4-6-13(14)17/h4-9H,1-3H3,(H2,18,19,20). The third-order valence-electron chi connectivity index (χ3n) is 3.04. The summed E-state index contributed by atoms with van der Waals surface area (Å²) in [5.74, 6) is -0.458. The van der Waals surface area contributed by atoms with Crippen LogP contribution in [0.2, 0.25) is 0 Å². The summed E-state index contributed by atoms with van der Waals surface area (Å²) in [5.41, 5.74) is 4.01. The van der Waals surface area contributed by atoms with E-state index in [2.05, 4.69) is 10.6 Å². The van der Waals surface area contributed by atoms with Gasteiger partial charge in [-0.25, -0.2) is 9.18 Å². The molecule has 4 heteroatoms. The lowest BCUT2D eigenvalue weighted by atomic mass is 10.1. The van der Waals surface area contributed by atoms with Gasteiger partial charge < -0.3 is 10.6 Å². The molecule has 20 heavy (non-hydrogen) atoms. The molecule has 3 nitrogen and oxygen atoms in total. The van der Waals surface area contributed by atoms with Crippen LogP contribution in [0, 0.1) is 26.6 Å². The molecule has 0 heterocycles. The highest BCUT2D eigenvalue weighted by Gasteiger charge is 2.10. The van der Waals surface area contributed by atoms with Gasteiger partial charge in [0.05, 0.1) is 5.69 Å². The van der Waals surface area contributed by atoms with Gasteiger partial charge in [0.2, 0.25) is 0 Å². The molecule has 2 rings (SSSR count). The average molecular weight is 272 g/mol. The van der Waals surface area contributed by atoms with Gasteiger partial charge in [-0.15, -0.1) is 0 Å². The molecule has 2 N–H and O–H groups in total. The Balaban J connectivity index is 2.15. The largest absolute Gasteiger partial charge is 0.323 e. The zero-order valence-corrected chi connectivity index (χ0v) is 11.8. The normalized spacial score (nSPS) is 10.2. The van der Waals surface area contributed by atoms with Crippen molar-refractivity contribution in [2.75, 3.05) is 10.6 Å². The Morgan fingerprint density at radius 1 is 1.00 bits per heavy atom. The van der Waals surface area contributed by atoms with Gasteiger partial charge in [0, 0.05) is 5.69 Å². The molecule has 0 aliphatic rings. The maximum atomic E-state index is 13.5. The van der Waals surface area contributed by atoms with Crippen molar-refractivity contribution >= 4 is 17.4 Å². The number of urea groups is 1. The van der Waals surface area contributed by atoms with E-state index >= 15 is 0 Å². The van der Waals surface area contributed by atoms with Crippen molar-refractivity contribution in [2.24, 2.45) is 0 Å². The summed E-state index contributed by atoms with van der Waals surface area (Å²) in [6.45, 7) is 5.86. The lowest BCUT2D eigenvalue weighted by Crippen LogP contribution is -2.21. The lowest BCUT2D eigenvalue weighted by molar-refractivity contribution is 0.262. The van der Waals surface area contributed by atoms with E-state index in [9.17, 15) is 9.18 Å². The number of amides is 2. The third-order valence-corrected chi connectivity index (χ3v) is 3.04. The van der Waals surface area contributed by atoms with Crippen molar-refractivity contribution in [1.29, 1.82) is 0 Å². The summed E-state index contributed by atoms with van der Waals surface area (Å²) in [5, 5.41) is 5.27. The minimum Gasteiger partial charge on any atom is -0.307 e. The van der Waals surface area contributed by atoms with Gasteiger partial charge in [0.1, 0.15) is 5.82 Å². The molecule has 0 aromatic heterocycles. The number of carbonyl (C=O) groups excluding carboxylic acids is 1. The Morgan fingerprint density at radius 3 is 2.20 bits per heavy atom. The molecule has 2 aromatic carbocycles. The second kappa shape index (κ2) is 5.74. The number of halogens is 1. The highest BCUT2D eigenvalue weighted by molar-refractivity contribution is 6.00. The van der Waals surface area contributed by atoms with E-state index in [1.165, 1.54) is 12.1 Å². The molecule has 0 atom stereocenters. The van der Waals surface area contributed by atoms with Crippen LogP contribution in [0.25, 0.3) is 0 Å². The van der Waals surface area contributed by atoms with Crippen molar-refractivity contribution < 1.29 is 9.18 Å². The minimum absolute atomic E-state index is 0.160. The van der Waals surface area contributed by atoms with E-state index in [1.54, 1.807) is 12.1 Å². The Kier molecular flexibility index (Phi) is 4.03. The van der Waals surface area contributed by atoms with Crippen LogP contribution in [-0.4, -0.2) is 6.03 Å². The predicted octanol–water partition coefficient (Wildman–Crippen LogP) is 4.39. The molecule has 2 aromatic rings. The molecule has 0 saturated heterocycles. The molecule has 104 valence electrons. The van der Waals surface area contributed by atoms with E-state index in [1.807, 2.05) is 32.9 Å². The summed E-state index contributed by atoms with van der Waals surface area (Å²) < 4.78 is 13.5. The SMILES string of the molecule is Cc1cc(C)c(NC(=O)Nc2ccccc2F)c(C)c1. The van der Waals surface area contributed by atoms with Crippen LogP contribution in [0.3, 0.4) is 0 Å². The van der Waals surface area contributed by atoms with Crippen LogP contribution >= 0.6 is 0 Å². The number of para-hydroxylation sites is 1. The van der Waals surface area contributed by atoms with Crippen molar-refractivity contribution in [1.82, 2.24) is 0 Å². The van der Waals surface area contributed by atoms with Gasteiger partial charge in [-0.05, 0) is 44.0 Å². The predicted molar refractivity (Wildman–Crippen MR) is 79.7 cm³/mol. The third kappa shape index (κ3) is 3.15. The van der Waals surface area contributed by atoms with Crippen LogP contribution in [-0.2, 0) is 0 Å². The van der Waals surface area contributed by atoms with Gasteiger partial charge in [-0.1, -0.05) is 29.8 Å². The molecular formula is C16H17FN2O. The molecular weight excluding hydrogens is 255 g/mol. The number of benzene rings is 2. The zero-order chi connectivity index (χ0) is 14.7. The molecule has 0 fully saturated rings. The van der Waals surface area contributed by atoms with Crippen molar-refractivity contribution in [3.63, 3.8) is 0 Å². The Labute approximate surface area is 117 Å². The number of aryl methyl sites for hydroxylation is 3. The first-order chi connectivity index (χ1) is 9.47. The number of hydrogen-bond donors (Lipinski definition) is 2. The molecule has 0 saturated carbocycles. The average Bonchev–Trinajstić information content (AvgIpc) is 2.36. The second-order valence-corrected chi connectivity index (χ2v) is 4.83. The fraction of sp³-hybridized carbons (Fsp3) is 0.188. The molecule has 0 radical (unpaired) electrons. The first kappa shape index (κ1) is 14.1. The fourth-order valence-electron chi connectivity index (χ4n) is 2.21. The summed E-state index contributed by atoms with van der Waals surface area (Å²) >= 11 is 0. The van der Waals surface area contributed by atoms with Crippen molar-refractivity contribution in [3.05, 3.63) is 58.9 Å². The molecule has 0 aliphatic carbocycles. The van der Waals surface area contributed by atoms with Crippen LogP contribution in [0.15, 0.2) is 36.4 Å². The van der Waals surface area contributed by atoms with Gasteiger partial charge in [-0.3, -0.25) is 0 Å². The first-order valence-electron chi connectivity index (χ1n) is 6.38. The smallest absolute Gasteiger partial charge is 0.307 e. The van der Waals surface area contributed by atoms with Crippen molar-refractivity contribution in [2.45, 2.75) is 20.8 Å². The second-order valence-electron chi connectivity index (χ2n) is 4.83. The number of anilines is 2. The van der Waals surface area contributed by atoms with Gasteiger partial charge in [0.15, 0.2) is 0 Å². The van der Waals surface area contributed by atoms with Crippen LogP contribution in [0.1, 0.15) is 16.7 Å². The van der Waals surface area contributed by atoms with E-state index in [4.69, 9.17) is 0 Å². The van der Waals surface area contributed by atoms with Crippen LogP contribution < -0.4 is 10.6 Å². The summed E-state index contributed by atoms with van der Waals surface area (Å²) in [7, 11) is 0. The summed E-state index contributed by atoms with van der Waals surface area (Å²) in [6.07, 6.45) is 0. The fourth-order valence-corrected chi connectivity index (χ4v) is 2.21. The number of nitrogens with one attached hydrogen (secondary N) is 2. The number of rotatable bonds is 2. The molecule has 0 spiro atoms. The topological polar surface area (TPSA) is 41.1 Å². The maximum absolute atomic E-state index is 13.5. The van der Waals surface area contributed by atoms with Crippen LogP contribution in [0.5, 0.6) is 0 Å². The van der Waals surface area contributed by atoms with Crippen molar-refractivity contribution in [3.8, 4) is 0 Å². The molecule has 0 bridgehead atoms. The van der Waals surface area contributed by atoms with Gasteiger partial charge in [-0.2, -0.15) is 0 Å². The van der Waals surface area contributed by atoms with E-state index in [0.29, 0.717) is 0 Å². The molecule has 0 aliphatic heterocycles. The van der Waals surface area contributed by atoms with E-state index < -0.39 is 11.8 Å². The maximum Gasteiger partial charge on any atom is 0.323 e. The quantitative estimate of drug-likeness (QED) is 0.836. The van der Waals surface area contributed by atoms with E-state index in [0.717, 1.165) is 22.4 Å². The van der Waals surface area contributed by atoms with Gasteiger partial charge in [0.25, 0.3) is 0 Å². The Morgan fingerprint density at radius 2 is 1.60 bits per heavy atom. The summed E-state index contributed by atoms with van der Waals surface area (Å²) in [4.78, 5) is 11.9.